The van der Waals surface area contributed by atoms with Crippen LogP contribution in [0.4, 0.5) is 0 Å². The topological polar surface area (TPSA) is 12.0 Å². The van der Waals surface area contributed by atoms with Gasteiger partial charge in [-0.2, -0.15) is 0 Å². The molecule has 1 saturated heterocycles. The van der Waals surface area contributed by atoms with E-state index in [1.807, 2.05) is 0 Å². The Balaban J connectivity index is -0.0000000286. The molecule has 0 aliphatic carbocycles. The molecule has 0 aromatic carbocycles. The maximum Gasteiger partial charge on any atom is 2.00 e. The van der Waals surface area contributed by atoms with E-state index in [0.29, 0.717) is 11.1 Å². The summed E-state index contributed by atoms with van der Waals surface area (Å²) in [5.41, 5.74) is 0.726. The predicted molar refractivity (Wildman–Crippen MR) is 52.0 cm³/mol. The minimum Gasteiger partial charge on any atom is -1.00 e. The van der Waals surface area contributed by atoms with Crippen molar-refractivity contribution >= 4 is 23.1 Å². The molecule has 0 radical (unpaired) electrons. The Morgan fingerprint density at radius 1 is 0.812 bits per heavy atom. The molecule has 0 spiro atoms. The van der Waals surface area contributed by atoms with Gasteiger partial charge in [0.1, 0.15) is 0 Å². The van der Waals surface area contributed by atoms with Gasteiger partial charge < -0.3 is 44.0 Å². The molecule has 0 bridgehead atoms. The Morgan fingerprint density at radius 2 is 1.06 bits per heavy atom. The molecule has 0 amide bonds. The van der Waals surface area contributed by atoms with E-state index in [1.165, 1.54) is 19.3 Å². The first-order valence-electron chi connectivity index (χ1n) is 4.21. The van der Waals surface area contributed by atoms with Gasteiger partial charge in [-0.25, -0.2) is 0 Å². The second-order valence-electron chi connectivity index (χ2n) is 4.75. The molecule has 1 rings (SSSR count). The van der Waals surface area contributed by atoms with Gasteiger partial charge in [-0.1, -0.05) is 0 Å². The number of hydrogen-bond acceptors (Lipinski definition) is 1. The van der Waals surface area contributed by atoms with E-state index in [2.05, 4.69) is 33.0 Å². The van der Waals surface area contributed by atoms with Gasteiger partial charge in [0.05, 0.1) is 0 Å². The number of hydrogen-bond donors (Lipinski definition) is 1. The van der Waals surface area contributed by atoms with E-state index in [4.69, 9.17) is 0 Å². The van der Waals surface area contributed by atoms with Gasteiger partial charge in [0.25, 0.3) is 0 Å². The maximum absolute atomic E-state index is 3.63. The monoisotopic (exact) mass is 285 g/mol. The molecule has 0 aromatic rings. The Kier molecular flexibility index (Phi) is 32.3. The summed E-state index contributed by atoms with van der Waals surface area (Å²) >= 11 is 0. The third-order valence-electron chi connectivity index (χ3n) is 2.28. The van der Waals surface area contributed by atoms with Crippen LogP contribution in [0.1, 0.15) is 48.4 Å². The minimum absolute atomic E-state index is 0. The van der Waals surface area contributed by atoms with Crippen molar-refractivity contribution in [2.75, 3.05) is 0 Å². The summed E-state index contributed by atoms with van der Waals surface area (Å²) in [4.78, 5) is 0. The number of nitrogens with one attached hydrogen (secondary N) is 1. The normalized spacial score (nSPS) is 18.8. The summed E-state index contributed by atoms with van der Waals surface area (Å²) in [6, 6.07) is 0. The van der Waals surface area contributed by atoms with Crippen molar-refractivity contribution in [2.24, 2.45) is 0 Å². The Labute approximate surface area is 161 Å². The van der Waals surface area contributed by atoms with Crippen molar-refractivity contribution in [3.63, 3.8) is 0 Å². The van der Waals surface area contributed by atoms with Gasteiger partial charge in [0.15, 0.2) is 0 Å². The zero-order chi connectivity index (χ0) is 7.83. The first-order valence-corrected chi connectivity index (χ1v) is 4.21. The van der Waals surface area contributed by atoms with Crippen molar-refractivity contribution in [3.05, 3.63) is 0 Å². The van der Waals surface area contributed by atoms with Crippen molar-refractivity contribution < 1.29 is 76.4 Å². The largest absolute Gasteiger partial charge is 2.00 e. The molecular weight excluding hydrogens is 267 g/mol. The van der Waals surface area contributed by atoms with Gasteiger partial charge in [-0.15, -0.1) is 0 Å². The van der Waals surface area contributed by atoms with Crippen LogP contribution in [-0.2, 0) is 0 Å². The summed E-state index contributed by atoms with van der Waals surface area (Å²) in [5.74, 6) is 0. The molecule has 1 heterocycles. The van der Waals surface area contributed by atoms with Crippen molar-refractivity contribution in [1.29, 1.82) is 0 Å². The van der Waals surface area contributed by atoms with Gasteiger partial charge in [0.2, 0.25) is 0 Å². The SMILES string of the molecule is CC1(C)CCCC(C)(C)N1.[Cl-].[Cl-].[Cl-].[H-].[Li+].[Li+].[Mg+2]. The van der Waals surface area contributed by atoms with E-state index in [1.54, 1.807) is 0 Å². The van der Waals surface area contributed by atoms with Crippen molar-refractivity contribution in [2.45, 2.75) is 58.0 Å². The zero-order valence-corrected chi connectivity index (χ0v) is 15.1. The first-order chi connectivity index (χ1) is 4.41. The molecule has 7 heteroatoms. The Morgan fingerprint density at radius 3 is 1.19 bits per heavy atom. The second-order valence-corrected chi connectivity index (χ2v) is 4.75. The van der Waals surface area contributed by atoms with E-state index in [0.717, 1.165) is 0 Å². The smallest absolute Gasteiger partial charge is 1.00 e. The Bertz CT molecular complexity index is 140. The quantitative estimate of drug-likeness (QED) is 0.436. The number of piperidine rings is 1. The molecular formula is C9H20Cl3Li2MgN. The van der Waals surface area contributed by atoms with E-state index in [9.17, 15) is 0 Å². The predicted octanol–water partition coefficient (Wildman–Crippen LogP) is -12.9. The molecule has 1 fully saturated rings. The summed E-state index contributed by atoms with van der Waals surface area (Å²) in [5, 5.41) is 3.63. The third-order valence-corrected chi connectivity index (χ3v) is 2.28. The molecule has 0 atom stereocenters. The summed E-state index contributed by atoms with van der Waals surface area (Å²) in [6.45, 7) is 9.14. The molecule has 0 unspecified atom stereocenters. The van der Waals surface area contributed by atoms with Gasteiger partial charge in [-0.05, 0) is 47.0 Å². The second kappa shape index (κ2) is 14.2. The standard InChI is InChI=1S/C9H19N.3ClH.2Li.Mg.H/c1-8(2)6-5-7-9(3,4)10-8;;;;;;;/h10H,5-7H2,1-4H3;3*1H;;;;/q;;;;2*+1;+2;-1/p-3. The fraction of sp³-hybridized carbons (Fsp3) is 1.00. The van der Waals surface area contributed by atoms with Crippen LogP contribution in [0.25, 0.3) is 0 Å². The van der Waals surface area contributed by atoms with Crippen molar-refractivity contribution in [1.82, 2.24) is 5.32 Å². The molecule has 16 heavy (non-hydrogen) atoms. The van der Waals surface area contributed by atoms with Crippen LogP contribution in [0.5, 0.6) is 0 Å². The molecule has 0 saturated carbocycles. The number of rotatable bonds is 0. The van der Waals surface area contributed by atoms with Crippen LogP contribution in [0.3, 0.4) is 0 Å². The fourth-order valence-corrected chi connectivity index (χ4v) is 2.01. The zero-order valence-electron chi connectivity index (χ0n) is 12.5. The maximum atomic E-state index is 3.63. The first kappa shape index (κ1) is 36.4. The molecule has 86 valence electrons. The minimum atomic E-state index is 0. The van der Waals surface area contributed by atoms with E-state index in [-0.39, 0.29) is 99.4 Å². The van der Waals surface area contributed by atoms with Crippen LogP contribution >= 0.6 is 0 Å². The van der Waals surface area contributed by atoms with Crippen LogP contribution in [-0.4, -0.2) is 34.1 Å². The molecule has 1 N–H and O–H groups in total. The molecule has 0 aromatic heterocycles. The Hall–Kier alpha value is 2.79. The van der Waals surface area contributed by atoms with E-state index >= 15 is 0 Å². The van der Waals surface area contributed by atoms with Crippen LogP contribution in [0.15, 0.2) is 0 Å². The summed E-state index contributed by atoms with van der Waals surface area (Å²) in [7, 11) is 0. The van der Waals surface area contributed by atoms with Crippen molar-refractivity contribution in [3.8, 4) is 0 Å². The van der Waals surface area contributed by atoms with E-state index < -0.39 is 0 Å². The van der Waals surface area contributed by atoms with Crippen LogP contribution < -0.4 is 80.3 Å². The average molecular weight is 287 g/mol. The summed E-state index contributed by atoms with van der Waals surface area (Å²) < 4.78 is 0. The fourth-order valence-electron chi connectivity index (χ4n) is 2.01. The van der Waals surface area contributed by atoms with Crippen LogP contribution in [0, 0.1) is 0 Å². The average Bonchev–Trinajstić information content (AvgIpc) is 1.56. The molecule has 1 aliphatic heterocycles. The third kappa shape index (κ3) is 14.9. The molecule has 1 nitrogen and oxygen atoms in total. The van der Waals surface area contributed by atoms with Gasteiger partial charge in [0, 0.05) is 11.1 Å². The summed E-state index contributed by atoms with van der Waals surface area (Å²) in [6.07, 6.45) is 4.00. The molecule has 1 aliphatic rings. The van der Waals surface area contributed by atoms with Gasteiger partial charge in [-0.3, -0.25) is 0 Å². The number of halogens is 3. The van der Waals surface area contributed by atoms with Gasteiger partial charge >= 0.3 is 60.8 Å². The van der Waals surface area contributed by atoms with Crippen LogP contribution in [0.2, 0.25) is 0 Å².